The first-order chi connectivity index (χ1) is 15.5. The number of fused-ring (bicyclic) bond motifs is 1. The van der Waals surface area contributed by atoms with Crippen molar-refractivity contribution >= 4 is 11.9 Å². The van der Waals surface area contributed by atoms with E-state index in [2.05, 4.69) is 23.5 Å². The maximum atomic E-state index is 13.2. The summed E-state index contributed by atoms with van der Waals surface area (Å²) in [5, 5.41) is 3.24. The molecule has 4 rings (SSSR count). The summed E-state index contributed by atoms with van der Waals surface area (Å²) in [7, 11) is 0. The first-order valence-electron chi connectivity index (χ1n) is 11.3. The number of rotatable bonds is 6. The fourth-order valence-corrected chi connectivity index (χ4v) is 4.85. The number of aryl methyl sites for hydroxylation is 1. The molecule has 1 N–H and O–H groups in total. The number of benzene rings is 2. The van der Waals surface area contributed by atoms with Crippen LogP contribution in [0.15, 0.2) is 54.6 Å². The van der Waals surface area contributed by atoms with Gasteiger partial charge in [-0.2, -0.15) is 0 Å². The molecule has 32 heavy (non-hydrogen) atoms. The van der Waals surface area contributed by atoms with Crippen molar-refractivity contribution in [3.8, 4) is 11.3 Å². The lowest BCUT2D eigenvalue weighted by Crippen LogP contribution is -2.33. The predicted molar refractivity (Wildman–Crippen MR) is 126 cm³/mol. The second-order valence-electron chi connectivity index (χ2n) is 8.32. The Morgan fingerprint density at radius 1 is 1.06 bits per heavy atom. The van der Waals surface area contributed by atoms with Crippen LogP contribution in [-0.2, 0) is 22.5 Å². The van der Waals surface area contributed by atoms with Gasteiger partial charge in [0.1, 0.15) is 6.54 Å². The van der Waals surface area contributed by atoms with Crippen LogP contribution in [0.1, 0.15) is 58.5 Å². The van der Waals surface area contributed by atoms with Gasteiger partial charge in [-0.3, -0.25) is 4.79 Å². The standard InChI is InChI=1S/C27H30N2O3/c1-4-32-27(31)25-18(2)26(21-12-6-5-7-13-21)29(19(25)3)17-24(30)28-23-16-10-14-20-11-8-9-15-22(20)23/h5-9,11-13,15,23H,4,10,14,16-17H2,1-3H3,(H,28,30)/t23-/m0/s1. The zero-order valence-electron chi connectivity index (χ0n) is 19.0. The maximum Gasteiger partial charge on any atom is 0.340 e. The Morgan fingerprint density at radius 3 is 2.53 bits per heavy atom. The van der Waals surface area contributed by atoms with Gasteiger partial charge in [0.05, 0.1) is 23.9 Å². The van der Waals surface area contributed by atoms with Crippen LogP contribution in [-0.4, -0.2) is 23.1 Å². The van der Waals surface area contributed by atoms with E-state index >= 15 is 0 Å². The molecule has 5 nitrogen and oxygen atoms in total. The van der Waals surface area contributed by atoms with E-state index in [9.17, 15) is 9.59 Å². The van der Waals surface area contributed by atoms with Crippen LogP contribution in [0.5, 0.6) is 0 Å². The molecule has 0 unspecified atom stereocenters. The summed E-state index contributed by atoms with van der Waals surface area (Å²) in [4.78, 5) is 25.9. The van der Waals surface area contributed by atoms with E-state index in [1.54, 1.807) is 6.92 Å². The van der Waals surface area contributed by atoms with Crippen LogP contribution in [0.3, 0.4) is 0 Å². The summed E-state index contributed by atoms with van der Waals surface area (Å²) in [5.74, 6) is -0.405. The molecule has 0 saturated heterocycles. The lowest BCUT2D eigenvalue weighted by Gasteiger charge is -2.26. The van der Waals surface area contributed by atoms with Crippen molar-refractivity contribution in [2.45, 2.75) is 52.6 Å². The van der Waals surface area contributed by atoms with Gasteiger partial charge >= 0.3 is 5.97 Å². The highest BCUT2D eigenvalue weighted by Crippen LogP contribution is 2.33. The Kier molecular flexibility index (Phi) is 6.45. The first kappa shape index (κ1) is 21.9. The molecule has 0 aliphatic heterocycles. The molecule has 1 heterocycles. The minimum atomic E-state index is -0.347. The molecule has 0 fully saturated rings. The van der Waals surface area contributed by atoms with Crippen molar-refractivity contribution in [2.24, 2.45) is 0 Å². The average molecular weight is 431 g/mol. The van der Waals surface area contributed by atoms with Crippen LogP contribution in [0.2, 0.25) is 0 Å². The van der Waals surface area contributed by atoms with Gasteiger partial charge < -0.3 is 14.6 Å². The monoisotopic (exact) mass is 430 g/mol. The smallest absolute Gasteiger partial charge is 0.340 e. The van der Waals surface area contributed by atoms with Gasteiger partial charge in [0.2, 0.25) is 5.91 Å². The van der Waals surface area contributed by atoms with Crippen molar-refractivity contribution in [1.29, 1.82) is 0 Å². The number of ether oxygens (including phenoxy) is 1. The predicted octanol–water partition coefficient (Wildman–Crippen LogP) is 5.14. The molecule has 1 aromatic heterocycles. The molecule has 1 amide bonds. The quantitative estimate of drug-likeness (QED) is 0.551. The summed E-state index contributed by atoms with van der Waals surface area (Å²) in [6.45, 7) is 6.06. The van der Waals surface area contributed by atoms with E-state index in [1.165, 1.54) is 11.1 Å². The third-order valence-corrected chi connectivity index (χ3v) is 6.30. The first-order valence-corrected chi connectivity index (χ1v) is 11.3. The number of aromatic nitrogens is 1. The number of hydrogen-bond donors (Lipinski definition) is 1. The number of carbonyl (C=O) groups excluding carboxylic acids is 2. The molecule has 166 valence electrons. The van der Waals surface area contributed by atoms with E-state index in [1.807, 2.05) is 54.8 Å². The van der Waals surface area contributed by atoms with E-state index in [0.29, 0.717) is 12.2 Å². The molecule has 3 aromatic rings. The zero-order valence-corrected chi connectivity index (χ0v) is 19.0. The van der Waals surface area contributed by atoms with Gasteiger partial charge in [-0.1, -0.05) is 54.6 Å². The van der Waals surface area contributed by atoms with Crippen molar-refractivity contribution in [3.05, 3.63) is 82.5 Å². The summed E-state index contributed by atoms with van der Waals surface area (Å²) in [6, 6.07) is 18.2. The molecule has 5 heteroatoms. The lowest BCUT2D eigenvalue weighted by atomic mass is 9.88. The van der Waals surface area contributed by atoms with Gasteiger partial charge in [0.15, 0.2) is 0 Å². The molecule has 0 saturated carbocycles. The largest absolute Gasteiger partial charge is 0.462 e. The van der Waals surface area contributed by atoms with Crippen molar-refractivity contribution < 1.29 is 14.3 Å². The molecule has 1 atom stereocenters. The van der Waals surface area contributed by atoms with E-state index in [-0.39, 0.29) is 24.5 Å². The Bertz CT molecular complexity index is 1130. The lowest BCUT2D eigenvalue weighted by molar-refractivity contribution is -0.122. The van der Waals surface area contributed by atoms with Gasteiger partial charge in [-0.05, 0) is 62.3 Å². The number of nitrogens with zero attached hydrogens (tertiary/aromatic N) is 1. The van der Waals surface area contributed by atoms with E-state index in [0.717, 1.165) is 41.8 Å². The average Bonchev–Trinajstić information content (AvgIpc) is 3.04. The SMILES string of the molecule is CCOC(=O)c1c(C)c(-c2ccccc2)n(CC(=O)N[C@H]2CCCc3ccccc32)c1C. The van der Waals surface area contributed by atoms with Crippen LogP contribution < -0.4 is 5.32 Å². The Labute approximate surface area is 189 Å². The second-order valence-corrected chi connectivity index (χ2v) is 8.32. The minimum absolute atomic E-state index is 0.0223. The molecule has 2 aromatic carbocycles. The summed E-state index contributed by atoms with van der Waals surface area (Å²) in [5.41, 5.74) is 6.50. The summed E-state index contributed by atoms with van der Waals surface area (Å²) >= 11 is 0. The molecular weight excluding hydrogens is 400 g/mol. The fraction of sp³-hybridized carbons (Fsp3) is 0.333. The van der Waals surface area contributed by atoms with Crippen LogP contribution in [0.4, 0.5) is 0 Å². The summed E-state index contributed by atoms with van der Waals surface area (Å²) < 4.78 is 7.25. The molecule has 0 bridgehead atoms. The van der Waals surface area contributed by atoms with E-state index < -0.39 is 0 Å². The number of nitrogens with one attached hydrogen (secondary N) is 1. The zero-order chi connectivity index (χ0) is 22.7. The normalized spacial score (nSPS) is 15.2. The van der Waals surface area contributed by atoms with Gasteiger partial charge in [0.25, 0.3) is 0 Å². The highest BCUT2D eigenvalue weighted by Gasteiger charge is 2.27. The van der Waals surface area contributed by atoms with Crippen LogP contribution >= 0.6 is 0 Å². The molecule has 0 radical (unpaired) electrons. The highest BCUT2D eigenvalue weighted by atomic mass is 16.5. The van der Waals surface area contributed by atoms with Gasteiger partial charge in [-0.25, -0.2) is 4.79 Å². The number of carbonyl (C=O) groups is 2. The Morgan fingerprint density at radius 2 is 1.78 bits per heavy atom. The number of hydrogen-bond acceptors (Lipinski definition) is 3. The van der Waals surface area contributed by atoms with Crippen molar-refractivity contribution in [1.82, 2.24) is 9.88 Å². The highest BCUT2D eigenvalue weighted by molar-refractivity contribution is 5.95. The Balaban J connectivity index is 1.66. The van der Waals surface area contributed by atoms with E-state index in [4.69, 9.17) is 4.74 Å². The van der Waals surface area contributed by atoms with Gasteiger partial charge in [-0.15, -0.1) is 0 Å². The molecule has 1 aliphatic carbocycles. The topological polar surface area (TPSA) is 60.3 Å². The van der Waals surface area contributed by atoms with Crippen LogP contribution in [0.25, 0.3) is 11.3 Å². The third-order valence-electron chi connectivity index (χ3n) is 6.30. The summed E-state index contributed by atoms with van der Waals surface area (Å²) in [6.07, 6.45) is 3.05. The maximum absolute atomic E-state index is 13.2. The third kappa shape index (κ3) is 4.20. The number of esters is 1. The van der Waals surface area contributed by atoms with Gasteiger partial charge in [0, 0.05) is 5.69 Å². The van der Waals surface area contributed by atoms with Crippen molar-refractivity contribution in [3.63, 3.8) is 0 Å². The second kappa shape index (κ2) is 9.43. The molecule has 0 spiro atoms. The minimum Gasteiger partial charge on any atom is -0.462 e. The fourth-order valence-electron chi connectivity index (χ4n) is 4.85. The van der Waals surface area contributed by atoms with Crippen molar-refractivity contribution in [2.75, 3.05) is 6.61 Å². The molecular formula is C27H30N2O3. The number of amides is 1. The molecule has 1 aliphatic rings. The van der Waals surface area contributed by atoms with Crippen LogP contribution in [0, 0.1) is 13.8 Å². The Hall–Kier alpha value is -3.34.